The normalized spacial score (nSPS) is 10.4. The summed E-state index contributed by atoms with van der Waals surface area (Å²) in [5.74, 6) is -0.548. The van der Waals surface area contributed by atoms with E-state index in [4.69, 9.17) is 4.52 Å². The lowest BCUT2D eigenvalue weighted by Gasteiger charge is -2.15. The maximum atomic E-state index is 12.1. The zero-order chi connectivity index (χ0) is 16.3. The van der Waals surface area contributed by atoms with Crippen LogP contribution in [0.25, 0.3) is 0 Å². The number of aryl methyl sites for hydroxylation is 2. The van der Waals surface area contributed by atoms with E-state index < -0.39 is 0 Å². The monoisotopic (exact) mass is 365 g/mol. The number of carbonyl (C=O) groups excluding carboxylic acids is 2. The standard InChI is InChI=1S/C15H16BrN3O3/c1-9-6-11(16)4-5-12(9)17-14(20)8-19(3)15(21)13-7-10(2)18-22-13/h4-7H,8H2,1-3H3,(H,17,20). The first-order valence-corrected chi connectivity index (χ1v) is 7.41. The Morgan fingerprint density at radius 2 is 2.05 bits per heavy atom. The van der Waals surface area contributed by atoms with E-state index in [9.17, 15) is 9.59 Å². The summed E-state index contributed by atoms with van der Waals surface area (Å²) in [6, 6.07) is 7.09. The minimum absolute atomic E-state index is 0.0753. The van der Waals surface area contributed by atoms with Crippen molar-refractivity contribution in [3.63, 3.8) is 0 Å². The Labute approximate surface area is 136 Å². The predicted octanol–water partition coefficient (Wildman–Crippen LogP) is 2.76. The first kappa shape index (κ1) is 16.2. The summed E-state index contributed by atoms with van der Waals surface area (Å²) >= 11 is 3.37. The van der Waals surface area contributed by atoms with Crippen LogP contribution in [-0.2, 0) is 4.79 Å². The van der Waals surface area contributed by atoms with Crippen LogP contribution in [0.4, 0.5) is 5.69 Å². The number of nitrogens with one attached hydrogen (secondary N) is 1. The van der Waals surface area contributed by atoms with Crippen LogP contribution < -0.4 is 5.32 Å². The van der Waals surface area contributed by atoms with Crippen molar-refractivity contribution in [2.24, 2.45) is 0 Å². The first-order valence-electron chi connectivity index (χ1n) is 6.61. The Morgan fingerprint density at radius 1 is 1.32 bits per heavy atom. The van der Waals surface area contributed by atoms with Gasteiger partial charge in [0.1, 0.15) is 0 Å². The van der Waals surface area contributed by atoms with E-state index in [1.807, 2.05) is 19.1 Å². The molecule has 0 aliphatic carbocycles. The van der Waals surface area contributed by atoms with Crippen LogP contribution in [0.1, 0.15) is 21.8 Å². The number of likely N-dealkylation sites (N-methyl/N-ethyl adjacent to an activating group) is 1. The van der Waals surface area contributed by atoms with E-state index in [1.165, 1.54) is 18.0 Å². The minimum atomic E-state index is -0.386. The average molecular weight is 366 g/mol. The summed E-state index contributed by atoms with van der Waals surface area (Å²) in [4.78, 5) is 25.4. The number of rotatable bonds is 4. The molecule has 0 atom stereocenters. The van der Waals surface area contributed by atoms with E-state index >= 15 is 0 Å². The number of hydrogen-bond acceptors (Lipinski definition) is 4. The highest BCUT2D eigenvalue weighted by atomic mass is 79.9. The van der Waals surface area contributed by atoms with Crippen molar-refractivity contribution in [2.45, 2.75) is 13.8 Å². The summed E-state index contributed by atoms with van der Waals surface area (Å²) in [5.41, 5.74) is 2.26. The summed E-state index contributed by atoms with van der Waals surface area (Å²) in [7, 11) is 1.54. The fourth-order valence-electron chi connectivity index (χ4n) is 1.90. The lowest BCUT2D eigenvalue weighted by molar-refractivity contribution is -0.116. The van der Waals surface area contributed by atoms with E-state index in [-0.39, 0.29) is 24.1 Å². The fraction of sp³-hybridized carbons (Fsp3) is 0.267. The molecular weight excluding hydrogens is 350 g/mol. The van der Waals surface area contributed by atoms with Gasteiger partial charge in [-0.25, -0.2) is 0 Å². The molecule has 1 aromatic heterocycles. The second kappa shape index (κ2) is 6.74. The summed E-state index contributed by atoms with van der Waals surface area (Å²) in [6.45, 7) is 3.55. The van der Waals surface area contributed by atoms with Gasteiger partial charge in [0.15, 0.2) is 0 Å². The number of amides is 2. The molecule has 1 aromatic carbocycles. The quantitative estimate of drug-likeness (QED) is 0.903. The van der Waals surface area contributed by atoms with Crippen molar-refractivity contribution in [2.75, 3.05) is 18.9 Å². The smallest absolute Gasteiger partial charge is 0.292 e. The average Bonchev–Trinajstić information content (AvgIpc) is 2.87. The lowest BCUT2D eigenvalue weighted by atomic mass is 10.2. The third kappa shape index (κ3) is 3.94. The van der Waals surface area contributed by atoms with Crippen molar-refractivity contribution in [3.05, 3.63) is 45.8 Å². The number of carbonyl (C=O) groups is 2. The molecule has 6 nitrogen and oxygen atoms in total. The van der Waals surface area contributed by atoms with Gasteiger partial charge in [0.2, 0.25) is 11.7 Å². The molecule has 2 amide bonds. The number of aromatic nitrogens is 1. The molecule has 0 unspecified atom stereocenters. The maximum absolute atomic E-state index is 12.1. The third-order valence-corrected chi connectivity index (χ3v) is 3.52. The van der Waals surface area contributed by atoms with Gasteiger partial charge in [0.05, 0.1) is 12.2 Å². The second-order valence-electron chi connectivity index (χ2n) is 5.00. The maximum Gasteiger partial charge on any atom is 0.292 e. The molecule has 0 fully saturated rings. The van der Waals surface area contributed by atoms with Crippen LogP contribution in [-0.4, -0.2) is 35.5 Å². The van der Waals surface area contributed by atoms with Gasteiger partial charge >= 0.3 is 0 Å². The Hall–Kier alpha value is -2.15. The molecule has 0 bridgehead atoms. The number of halogens is 1. The Morgan fingerprint density at radius 3 is 2.64 bits per heavy atom. The van der Waals surface area contributed by atoms with E-state index in [1.54, 1.807) is 13.0 Å². The Balaban J connectivity index is 1.98. The molecule has 22 heavy (non-hydrogen) atoms. The first-order chi connectivity index (χ1) is 10.4. The molecule has 7 heteroatoms. The van der Waals surface area contributed by atoms with Crippen LogP contribution >= 0.6 is 15.9 Å². The van der Waals surface area contributed by atoms with Crippen LogP contribution in [0.5, 0.6) is 0 Å². The van der Waals surface area contributed by atoms with Gasteiger partial charge in [-0.3, -0.25) is 9.59 Å². The molecule has 116 valence electrons. The van der Waals surface area contributed by atoms with E-state index in [2.05, 4.69) is 26.4 Å². The number of benzene rings is 1. The highest BCUT2D eigenvalue weighted by molar-refractivity contribution is 9.10. The van der Waals surface area contributed by atoms with Gasteiger partial charge in [-0.1, -0.05) is 21.1 Å². The van der Waals surface area contributed by atoms with E-state index in [0.29, 0.717) is 11.4 Å². The van der Waals surface area contributed by atoms with Crippen LogP contribution in [0.15, 0.2) is 33.3 Å². The molecule has 2 rings (SSSR count). The molecule has 0 saturated carbocycles. The third-order valence-electron chi connectivity index (χ3n) is 3.03. The van der Waals surface area contributed by atoms with Crippen molar-refractivity contribution in [3.8, 4) is 0 Å². The second-order valence-corrected chi connectivity index (χ2v) is 5.92. The molecule has 2 aromatic rings. The molecule has 0 radical (unpaired) electrons. The lowest BCUT2D eigenvalue weighted by Crippen LogP contribution is -2.34. The molecule has 1 heterocycles. The highest BCUT2D eigenvalue weighted by Gasteiger charge is 2.19. The largest absolute Gasteiger partial charge is 0.351 e. The van der Waals surface area contributed by atoms with Crippen molar-refractivity contribution in [1.82, 2.24) is 10.1 Å². The van der Waals surface area contributed by atoms with E-state index in [0.717, 1.165) is 10.0 Å². The fourth-order valence-corrected chi connectivity index (χ4v) is 2.37. The molecule has 0 spiro atoms. The summed E-state index contributed by atoms with van der Waals surface area (Å²) < 4.78 is 5.84. The van der Waals surface area contributed by atoms with Gasteiger partial charge in [-0.05, 0) is 37.6 Å². The minimum Gasteiger partial charge on any atom is -0.351 e. The molecular formula is C15H16BrN3O3. The molecule has 0 saturated heterocycles. The molecule has 0 aliphatic rings. The Bertz CT molecular complexity index is 712. The van der Waals surface area contributed by atoms with Crippen molar-refractivity contribution < 1.29 is 14.1 Å². The van der Waals surface area contributed by atoms with Crippen LogP contribution in [0.3, 0.4) is 0 Å². The summed E-state index contributed by atoms with van der Waals surface area (Å²) in [6.07, 6.45) is 0. The predicted molar refractivity (Wildman–Crippen MR) is 85.7 cm³/mol. The molecule has 1 N–H and O–H groups in total. The number of anilines is 1. The van der Waals surface area contributed by atoms with Crippen molar-refractivity contribution in [1.29, 1.82) is 0 Å². The summed E-state index contributed by atoms with van der Waals surface area (Å²) in [5, 5.41) is 6.44. The molecule has 0 aliphatic heterocycles. The highest BCUT2D eigenvalue weighted by Crippen LogP contribution is 2.20. The number of hydrogen-bond donors (Lipinski definition) is 1. The van der Waals surface area contributed by atoms with Crippen molar-refractivity contribution >= 4 is 33.4 Å². The van der Waals surface area contributed by atoms with Gasteiger partial charge in [-0.15, -0.1) is 0 Å². The number of nitrogens with zero attached hydrogens (tertiary/aromatic N) is 2. The SMILES string of the molecule is Cc1cc(C(=O)N(C)CC(=O)Nc2ccc(Br)cc2C)on1. The topological polar surface area (TPSA) is 75.4 Å². The van der Waals surface area contributed by atoms with Gasteiger partial charge < -0.3 is 14.7 Å². The Kier molecular flexibility index (Phi) is 4.97. The zero-order valence-electron chi connectivity index (χ0n) is 12.5. The van der Waals surface area contributed by atoms with Gasteiger partial charge in [-0.2, -0.15) is 0 Å². The van der Waals surface area contributed by atoms with Gasteiger partial charge in [0, 0.05) is 23.3 Å². The van der Waals surface area contributed by atoms with Crippen LogP contribution in [0, 0.1) is 13.8 Å². The van der Waals surface area contributed by atoms with Gasteiger partial charge in [0.25, 0.3) is 5.91 Å². The zero-order valence-corrected chi connectivity index (χ0v) is 14.1. The van der Waals surface area contributed by atoms with Crippen LogP contribution in [0.2, 0.25) is 0 Å².